The monoisotopic (exact) mass is 324 g/mol. The Balaban J connectivity index is 2.37. The normalized spacial score (nSPS) is 10.7. The van der Waals surface area contributed by atoms with Crippen molar-refractivity contribution in [1.29, 1.82) is 5.26 Å². The van der Waals surface area contributed by atoms with Gasteiger partial charge in [-0.05, 0) is 42.5 Å². The average molecular weight is 324 g/mol. The van der Waals surface area contributed by atoms with Gasteiger partial charge in [0.2, 0.25) is 0 Å². The number of imide groups is 1. The summed E-state index contributed by atoms with van der Waals surface area (Å²) in [6, 6.07) is 10.1. The number of hydrogen-bond donors (Lipinski definition) is 3. The summed E-state index contributed by atoms with van der Waals surface area (Å²) >= 11 is 0. The van der Waals surface area contributed by atoms with Gasteiger partial charge in [-0.3, -0.25) is 10.1 Å². The van der Waals surface area contributed by atoms with E-state index in [0.717, 1.165) is 0 Å². The number of nitrogens with zero attached hydrogens (tertiary/aromatic N) is 2. The molecular formula is C16H12N4O4. The van der Waals surface area contributed by atoms with Gasteiger partial charge in [-0.15, -0.1) is 0 Å². The molecule has 2 rings (SSSR count). The number of carboxylic acids is 1. The molecule has 1 aromatic heterocycles. The zero-order valence-electron chi connectivity index (χ0n) is 12.3. The summed E-state index contributed by atoms with van der Waals surface area (Å²) in [6.45, 7) is 0. The first-order valence-corrected chi connectivity index (χ1v) is 6.66. The van der Waals surface area contributed by atoms with Crippen molar-refractivity contribution in [1.82, 2.24) is 9.88 Å². The summed E-state index contributed by atoms with van der Waals surface area (Å²) < 4.78 is 1.65. The highest BCUT2D eigenvalue weighted by Crippen LogP contribution is 2.16. The van der Waals surface area contributed by atoms with Crippen LogP contribution in [0, 0.1) is 11.3 Å². The third-order valence-electron chi connectivity index (χ3n) is 3.07. The topological polar surface area (TPSA) is 138 Å². The van der Waals surface area contributed by atoms with E-state index in [9.17, 15) is 14.4 Å². The van der Waals surface area contributed by atoms with Gasteiger partial charge in [-0.25, -0.2) is 9.59 Å². The molecule has 0 bridgehead atoms. The summed E-state index contributed by atoms with van der Waals surface area (Å²) in [5, 5.41) is 19.8. The van der Waals surface area contributed by atoms with Crippen molar-refractivity contribution < 1.29 is 19.5 Å². The number of carbonyl (C=O) groups excluding carboxylic acids is 2. The molecule has 0 unspecified atom stereocenters. The summed E-state index contributed by atoms with van der Waals surface area (Å²) in [4.78, 5) is 33.3. The molecule has 0 radical (unpaired) electrons. The Bertz CT molecular complexity index is 872. The van der Waals surface area contributed by atoms with Crippen molar-refractivity contribution >= 4 is 24.0 Å². The SMILES string of the molecule is N#C/C(=C/c1cccn1-c1ccc(C(=O)O)cc1)C(=O)NC(N)=O. The van der Waals surface area contributed by atoms with Gasteiger partial charge in [0, 0.05) is 17.6 Å². The predicted molar refractivity (Wildman–Crippen MR) is 84.0 cm³/mol. The largest absolute Gasteiger partial charge is 0.478 e. The molecule has 0 atom stereocenters. The predicted octanol–water partition coefficient (Wildman–Crippen LogP) is 1.28. The van der Waals surface area contributed by atoms with Crippen molar-refractivity contribution in [3.05, 3.63) is 59.4 Å². The highest BCUT2D eigenvalue weighted by molar-refractivity contribution is 6.08. The molecule has 0 aliphatic carbocycles. The number of carbonyl (C=O) groups is 3. The Morgan fingerprint density at radius 3 is 2.42 bits per heavy atom. The molecule has 0 aliphatic rings. The maximum absolute atomic E-state index is 11.7. The van der Waals surface area contributed by atoms with Crippen molar-refractivity contribution in [2.75, 3.05) is 0 Å². The maximum Gasteiger partial charge on any atom is 0.335 e. The average Bonchev–Trinajstić information content (AvgIpc) is 3.00. The summed E-state index contributed by atoms with van der Waals surface area (Å²) in [5.41, 5.74) is 5.84. The number of nitrogens with two attached hydrogens (primary N) is 1. The number of nitriles is 1. The number of hydrogen-bond acceptors (Lipinski definition) is 4. The second-order valence-corrected chi connectivity index (χ2v) is 4.64. The van der Waals surface area contributed by atoms with Gasteiger partial charge < -0.3 is 15.4 Å². The number of aromatic nitrogens is 1. The van der Waals surface area contributed by atoms with Crippen LogP contribution < -0.4 is 11.1 Å². The van der Waals surface area contributed by atoms with Gasteiger partial charge in [-0.2, -0.15) is 5.26 Å². The molecule has 0 spiro atoms. The number of rotatable bonds is 4. The molecule has 1 aromatic carbocycles. The second kappa shape index (κ2) is 6.93. The molecule has 0 saturated heterocycles. The standard InChI is InChI=1S/C16H12N4O4/c17-9-11(14(21)19-16(18)24)8-13-2-1-7-20(13)12-5-3-10(4-6-12)15(22)23/h1-8H,(H,22,23)(H3,18,19,21,24)/b11-8-. The molecule has 8 nitrogen and oxygen atoms in total. The molecular weight excluding hydrogens is 312 g/mol. The van der Waals surface area contributed by atoms with Crippen molar-refractivity contribution in [3.63, 3.8) is 0 Å². The summed E-state index contributed by atoms with van der Waals surface area (Å²) in [6.07, 6.45) is 2.98. The van der Waals surface area contributed by atoms with Gasteiger partial charge in [0.15, 0.2) is 0 Å². The molecule has 3 amide bonds. The molecule has 4 N–H and O–H groups in total. The Morgan fingerprint density at radius 1 is 1.21 bits per heavy atom. The summed E-state index contributed by atoms with van der Waals surface area (Å²) in [5.74, 6) is -1.94. The number of amides is 3. The van der Waals surface area contributed by atoms with Crippen LogP contribution in [0.4, 0.5) is 4.79 Å². The lowest BCUT2D eigenvalue weighted by molar-refractivity contribution is -0.115. The van der Waals surface area contributed by atoms with Crippen LogP contribution in [0.2, 0.25) is 0 Å². The fourth-order valence-corrected chi connectivity index (χ4v) is 1.99. The van der Waals surface area contributed by atoms with E-state index in [1.54, 1.807) is 41.1 Å². The molecule has 8 heteroatoms. The number of benzene rings is 1. The van der Waals surface area contributed by atoms with Crippen LogP contribution in [0.25, 0.3) is 11.8 Å². The zero-order valence-corrected chi connectivity index (χ0v) is 12.3. The van der Waals surface area contributed by atoms with E-state index >= 15 is 0 Å². The minimum Gasteiger partial charge on any atom is -0.478 e. The van der Waals surface area contributed by atoms with Crippen LogP contribution in [0.1, 0.15) is 16.1 Å². The van der Waals surface area contributed by atoms with Gasteiger partial charge in [0.05, 0.1) is 5.56 Å². The first kappa shape index (κ1) is 16.5. The van der Waals surface area contributed by atoms with Gasteiger partial charge in [0.25, 0.3) is 5.91 Å². The van der Waals surface area contributed by atoms with E-state index < -0.39 is 17.9 Å². The maximum atomic E-state index is 11.7. The Labute approximate surface area is 136 Å². The molecule has 1 heterocycles. The van der Waals surface area contributed by atoms with E-state index in [4.69, 9.17) is 16.1 Å². The molecule has 0 aliphatic heterocycles. The van der Waals surface area contributed by atoms with Gasteiger partial charge in [0.1, 0.15) is 11.6 Å². The van der Waals surface area contributed by atoms with Crippen LogP contribution in [0.3, 0.4) is 0 Å². The first-order chi connectivity index (χ1) is 11.4. The third-order valence-corrected chi connectivity index (χ3v) is 3.07. The Hall–Kier alpha value is -3.86. The molecule has 2 aromatic rings. The second-order valence-electron chi connectivity index (χ2n) is 4.64. The van der Waals surface area contributed by atoms with Crippen LogP contribution in [-0.2, 0) is 4.79 Å². The van der Waals surface area contributed by atoms with Crippen LogP contribution in [0.5, 0.6) is 0 Å². The van der Waals surface area contributed by atoms with Crippen molar-refractivity contribution in [2.24, 2.45) is 5.73 Å². The fraction of sp³-hybridized carbons (Fsp3) is 0. The smallest absolute Gasteiger partial charge is 0.335 e. The highest BCUT2D eigenvalue weighted by atomic mass is 16.4. The van der Waals surface area contributed by atoms with E-state index in [1.165, 1.54) is 18.2 Å². The fourth-order valence-electron chi connectivity index (χ4n) is 1.99. The number of primary amides is 1. The number of nitrogens with one attached hydrogen (secondary N) is 1. The van der Waals surface area contributed by atoms with E-state index in [1.807, 2.05) is 5.32 Å². The van der Waals surface area contributed by atoms with Gasteiger partial charge >= 0.3 is 12.0 Å². The van der Waals surface area contributed by atoms with E-state index in [-0.39, 0.29) is 11.1 Å². The number of urea groups is 1. The van der Waals surface area contributed by atoms with E-state index in [0.29, 0.717) is 11.4 Å². The quantitative estimate of drug-likeness (QED) is 0.574. The minimum atomic E-state index is -1.05. The molecule has 0 fully saturated rings. The summed E-state index contributed by atoms with van der Waals surface area (Å²) in [7, 11) is 0. The van der Waals surface area contributed by atoms with Crippen molar-refractivity contribution in [2.45, 2.75) is 0 Å². The van der Waals surface area contributed by atoms with Crippen molar-refractivity contribution in [3.8, 4) is 11.8 Å². The van der Waals surface area contributed by atoms with Crippen LogP contribution >= 0.6 is 0 Å². The first-order valence-electron chi connectivity index (χ1n) is 6.66. The highest BCUT2D eigenvalue weighted by Gasteiger charge is 2.12. The van der Waals surface area contributed by atoms with Gasteiger partial charge in [-0.1, -0.05) is 0 Å². The van der Waals surface area contributed by atoms with Crippen LogP contribution in [0.15, 0.2) is 48.2 Å². The molecule has 24 heavy (non-hydrogen) atoms. The Morgan fingerprint density at radius 2 is 1.88 bits per heavy atom. The lowest BCUT2D eigenvalue weighted by Crippen LogP contribution is -2.35. The zero-order chi connectivity index (χ0) is 17.7. The third kappa shape index (κ3) is 3.66. The number of aromatic carboxylic acids is 1. The molecule has 120 valence electrons. The Kier molecular flexibility index (Phi) is 4.77. The van der Waals surface area contributed by atoms with E-state index in [2.05, 4.69) is 0 Å². The van der Waals surface area contributed by atoms with Crippen LogP contribution in [-0.4, -0.2) is 27.6 Å². The molecule has 0 saturated carbocycles. The number of carboxylic acid groups (broad SMARTS) is 1. The lowest BCUT2D eigenvalue weighted by Gasteiger charge is -2.07. The lowest BCUT2D eigenvalue weighted by atomic mass is 10.2. The minimum absolute atomic E-state index is 0.140.